The van der Waals surface area contributed by atoms with Crippen LogP contribution in [-0.4, -0.2) is 84.6 Å². The van der Waals surface area contributed by atoms with E-state index in [4.69, 9.17) is 9.26 Å². The molecule has 31 heavy (non-hydrogen) atoms. The molecule has 2 amide bonds. The number of para-hydroxylation sites is 1. The number of likely N-dealkylation sites (N-methyl/N-ethyl adjacent to an activating group) is 1. The number of piperidine rings is 1. The molecule has 0 spiro atoms. The monoisotopic (exact) mass is 426 g/mol. The molecule has 2 aliphatic rings. The van der Waals surface area contributed by atoms with Crippen molar-refractivity contribution < 1.29 is 18.8 Å². The predicted molar refractivity (Wildman–Crippen MR) is 116 cm³/mol. The van der Waals surface area contributed by atoms with Crippen LogP contribution < -0.4 is 4.74 Å². The molecule has 0 saturated carbocycles. The van der Waals surface area contributed by atoms with Gasteiger partial charge in [0.1, 0.15) is 5.75 Å². The number of nitrogens with zero attached hydrogens (tertiary/aromatic N) is 4. The number of ether oxygens (including phenoxy) is 1. The van der Waals surface area contributed by atoms with Crippen molar-refractivity contribution in [3.63, 3.8) is 0 Å². The van der Waals surface area contributed by atoms with E-state index in [1.165, 1.54) is 0 Å². The van der Waals surface area contributed by atoms with Gasteiger partial charge in [0.25, 0.3) is 5.91 Å². The summed E-state index contributed by atoms with van der Waals surface area (Å²) < 4.78 is 10.8. The Morgan fingerprint density at radius 3 is 2.65 bits per heavy atom. The van der Waals surface area contributed by atoms with Crippen molar-refractivity contribution in [3.8, 4) is 17.1 Å². The third kappa shape index (κ3) is 4.58. The van der Waals surface area contributed by atoms with Crippen molar-refractivity contribution in [2.45, 2.75) is 19.8 Å². The summed E-state index contributed by atoms with van der Waals surface area (Å²) in [6, 6.07) is 9.10. The van der Waals surface area contributed by atoms with Gasteiger partial charge in [0.05, 0.1) is 18.6 Å². The maximum Gasteiger partial charge on any atom is 0.276 e. The smallest absolute Gasteiger partial charge is 0.276 e. The molecule has 0 aliphatic carbocycles. The van der Waals surface area contributed by atoms with Crippen molar-refractivity contribution in [3.05, 3.63) is 36.0 Å². The highest BCUT2D eigenvalue weighted by atomic mass is 16.5. The van der Waals surface area contributed by atoms with Gasteiger partial charge in [-0.2, -0.15) is 0 Å². The Bertz CT molecular complexity index is 920. The van der Waals surface area contributed by atoms with Gasteiger partial charge < -0.3 is 24.0 Å². The van der Waals surface area contributed by atoms with Crippen molar-refractivity contribution in [2.75, 3.05) is 52.9 Å². The molecule has 2 fully saturated rings. The largest absolute Gasteiger partial charge is 0.496 e. The van der Waals surface area contributed by atoms with Crippen molar-refractivity contribution in [2.24, 2.45) is 5.92 Å². The second-order valence-corrected chi connectivity index (χ2v) is 8.13. The standard InChI is InChI=1S/C23H30N4O4/c1-3-25-11-13-26(14-12-25)22(28)17-7-6-10-27(16-17)23(29)19-15-21(31-24-19)18-8-4-5-9-20(18)30-2/h4-5,8-9,15,17H,3,6-7,10-14,16H2,1-2H3/t17-/m0/s1. The van der Waals surface area contributed by atoms with Gasteiger partial charge in [0, 0.05) is 45.3 Å². The molecular formula is C23H30N4O4. The minimum absolute atomic E-state index is 0.147. The zero-order valence-electron chi connectivity index (χ0n) is 18.2. The number of hydrogen-bond donors (Lipinski definition) is 0. The van der Waals surface area contributed by atoms with Crippen LogP contribution in [0.15, 0.2) is 34.9 Å². The maximum absolute atomic E-state index is 13.1. The highest BCUT2D eigenvalue weighted by Gasteiger charge is 2.33. The highest BCUT2D eigenvalue weighted by Crippen LogP contribution is 2.30. The van der Waals surface area contributed by atoms with Crippen molar-refractivity contribution in [1.82, 2.24) is 19.9 Å². The first-order chi connectivity index (χ1) is 15.1. The van der Waals surface area contributed by atoms with Crippen LogP contribution in [0.5, 0.6) is 5.75 Å². The highest BCUT2D eigenvalue weighted by molar-refractivity contribution is 5.94. The topological polar surface area (TPSA) is 79.1 Å². The number of carbonyl (C=O) groups is 2. The molecule has 0 radical (unpaired) electrons. The number of amides is 2. The third-order valence-electron chi connectivity index (χ3n) is 6.29. The predicted octanol–water partition coefficient (Wildman–Crippen LogP) is 2.37. The fraction of sp³-hybridized carbons (Fsp3) is 0.522. The first-order valence-electron chi connectivity index (χ1n) is 11.0. The third-order valence-corrected chi connectivity index (χ3v) is 6.29. The van der Waals surface area contributed by atoms with E-state index in [1.54, 1.807) is 18.1 Å². The average Bonchev–Trinajstić information content (AvgIpc) is 3.33. The van der Waals surface area contributed by atoms with Crippen LogP contribution in [0.4, 0.5) is 0 Å². The quantitative estimate of drug-likeness (QED) is 0.730. The molecular weight excluding hydrogens is 396 g/mol. The molecule has 3 heterocycles. The second-order valence-electron chi connectivity index (χ2n) is 8.13. The molecule has 8 heteroatoms. The molecule has 0 unspecified atom stereocenters. The number of carbonyl (C=O) groups excluding carboxylic acids is 2. The Kier molecular flexibility index (Phi) is 6.56. The Labute approximate surface area is 182 Å². The summed E-state index contributed by atoms with van der Waals surface area (Å²) in [7, 11) is 1.59. The van der Waals surface area contributed by atoms with Crippen molar-refractivity contribution >= 4 is 11.8 Å². The SMILES string of the molecule is CCN1CCN(C(=O)[C@H]2CCCN(C(=O)c3cc(-c4ccccc4OC)on3)C2)CC1. The molecule has 8 nitrogen and oxygen atoms in total. The molecule has 2 aliphatic heterocycles. The summed E-state index contributed by atoms with van der Waals surface area (Å²) in [5.74, 6) is 0.969. The van der Waals surface area contributed by atoms with E-state index in [0.29, 0.717) is 24.6 Å². The lowest BCUT2D eigenvalue weighted by Crippen LogP contribution is -2.53. The van der Waals surface area contributed by atoms with Crippen LogP contribution in [0.25, 0.3) is 11.3 Å². The lowest BCUT2D eigenvalue weighted by molar-refractivity contribution is -0.138. The van der Waals surface area contributed by atoms with Crippen LogP contribution in [0, 0.1) is 5.92 Å². The van der Waals surface area contributed by atoms with Crippen LogP contribution in [-0.2, 0) is 4.79 Å². The van der Waals surface area contributed by atoms with E-state index in [2.05, 4.69) is 17.0 Å². The maximum atomic E-state index is 13.1. The minimum Gasteiger partial charge on any atom is -0.496 e. The lowest BCUT2D eigenvalue weighted by Gasteiger charge is -2.38. The number of aromatic nitrogens is 1. The van der Waals surface area contributed by atoms with Crippen LogP contribution in [0.2, 0.25) is 0 Å². The summed E-state index contributed by atoms with van der Waals surface area (Å²) in [5.41, 5.74) is 1.00. The molecule has 166 valence electrons. The Morgan fingerprint density at radius 2 is 1.90 bits per heavy atom. The molecule has 2 saturated heterocycles. The van der Waals surface area contributed by atoms with Gasteiger partial charge >= 0.3 is 0 Å². The lowest BCUT2D eigenvalue weighted by atomic mass is 9.96. The first kappa shape index (κ1) is 21.4. The zero-order valence-corrected chi connectivity index (χ0v) is 18.2. The minimum atomic E-state index is -0.196. The van der Waals surface area contributed by atoms with Crippen LogP contribution in [0.1, 0.15) is 30.3 Å². The number of benzene rings is 1. The number of hydrogen-bond acceptors (Lipinski definition) is 6. The average molecular weight is 427 g/mol. The summed E-state index contributed by atoms with van der Waals surface area (Å²) >= 11 is 0. The van der Waals surface area contributed by atoms with Gasteiger partial charge in [0.15, 0.2) is 11.5 Å². The second kappa shape index (κ2) is 9.51. The number of methoxy groups -OCH3 is 1. The summed E-state index contributed by atoms with van der Waals surface area (Å²) in [6.45, 7) is 7.59. The van der Waals surface area contributed by atoms with E-state index in [9.17, 15) is 9.59 Å². The Hall–Kier alpha value is -2.87. The number of likely N-dealkylation sites (tertiary alicyclic amines) is 1. The van der Waals surface area contributed by atoms with E-state index in [1.807, 2.05) is 29.2 Å². The first-order valence-corrected chi connectivity index (χ1v) is 11.0. The fourth-order valence-electron chi connectivity index (χ4n) is 4.42. The summed E-state index contributed by atoms with van der Waals surface area (Å²) in [4.78, 5) is 32.1. The van der Waals surface area contributed by atoms with E-state index < -0.39 is 0 Å². The molecule has 2 aromatic rings. The number of piperazine rings is 1. The zero-order chi connectivity index (χ0) is 21.8. The normalized spacial score (nSPS) is 20.0. The van der Waals surface area contributed by atoms with Crippen LogP contribution in [0.3, 0.4) is 0 Å². The van der Waals surface area contributed by atoms with E-state index in [-0.39, 0.29) is 23.4 Å². The molecule has 1 aromatic heterocycles. The molecule has 0 bridgehead atoms. The molecule has 4 rings (SSSR count). The molecule has 0 N–H and O–H groups in total. The summed E-state index contributed by atoms with van der Waals surface area (Å²) in [5, 5.41) is 4.00. The van der Waals surface area contributed by atoms with Gasteiger partial charge in [-0.25, -0.2) is 0 Å². The van der Waals surface area contributed by atoms with Gasteiger partial charge in [-0.15, -0.1) is 0 Å². The van der Waals surface area contributed by atoms with E-state index in [0.717, 1.165) is 51.1 Å². The van der Waals surface area contributed by atoms with Crippen molar-refractivity contribution in [1.29, 1.82) is 0 Å². The number of rotatable bonds is 5. The van der Waals surface area contributed by atoms with Gasteiger partial charge in [-0.1, -0.05) is 24.2 Å². The van der Waals surface area contributed by atoms with Crippen LogP contribution >= 0.6 is 0 Å². The summed E-state index contributed by atoms with van der Waals surface area (Å²) in [6.07, 6.45) is 1.64. The van der Waals surface area contributed by atoms with Gasteiger partial charge in [0.2, 0.25) is 5.91 Å². The van der Waals surface area contributed by atoms with Gasteiger partial charge in [-0.05, 0) is 31.5 Å². The Morgan fingerprint density at radius 1 is 1.13 bits per heavy atom. The van der Waals surface area contributed by atoms with E-state index >= 15 is 0 Å². The Balaban J connectivity index is 1.41. The molecule has 1 aromatic carbocycles. The molecule has 1 atom stereocenters. The fourth-order valence-corrected chi connectivity index (χ4v) is 4.42. The van der Waals surface area contributed by atoms with Gasteiger partial charge in [-0.3, -0.25) is 9.59 Å².